The number of hydrogen-bond donors (Lipinski definition) is 0. The molecule has 2 aromatic heterocycles. The lowest BCUT2D eigenvalue weighted by Gasteiger charge is -2.10. The maximum Gasteiger partial charge on any atom is 0.131 e. The highest BCUT2D eigenvalue weighted by Crippen LogP contribution is 2.41. The van der Waals surface area contributed by atoms with E-state index in [0.29, 0.717) is 5.56 Å². The molecule has 2 heterocycles. The van der Waals surface area contributed by atoms with E-state index in [0.717, 1.165) is 23.6 Å². The number of hydrogen-bond acceptors (Lipinski definition) is 2. The topological polar surface area (TPSA) is 12.9 Å². The van der Waals surface area contributed by atoms with Gasteiger partial charge in [0.05, 0.1) is 5.69 Å². The van der Waals surface area contributed by atoms with Crippen molar-refractivity contribution >= 4 is 31.5 Å². The third-order valence-corrected chi connectivity index (χ3v) is 7.98. The third-order valence-electron chi connectivity index (χ3n) is 6.78. The predicted molar refractivity (Wildman–Crippen MR) is 134 cm³/mol. The monoisotopic (exact) mass is 437 g/mol. The molecule has 6 rings (SSSR count). The Hall–Kier alpha value is -3.04. The van der Waals surface area contributed by atoms with Crippen LogP contribution < -0.4 is 0 Å². The molecule has 0 saturated heterocycles. The highest BCUT2D eigenvalue weighted by molar-refractivity contribution is 7.26. The van der Waals surface area contributed by atoms with Crippen molar-refractivity contribution in [3.05, 3.63) is 90.4 Å². The van der Waals surface area contributed by atoms with Gasteiger partial charge in [0, 0.05) is 37.5 Å². The van der Waals surface area contributed by atoms with Crippen LogP contribution in [0.15, 0.2) is 79.0 Å². The first-order valence-electron chi connectivity index (χ1n) is 11.4. The molecule has 3 heteroatoms. The SMILES string of the molecule is Fc1ccccc1-c1ccc2c(c1)sc1c(-c3cc(CC4CCCC4)ccn3)cccc12. The number of fused-ring (bicyclic) bond motifs is 3. The smallest absolute Gasteiger partial charge is 0.131 e. The second-order valence-electron chi connectivity index (χ2n) is 8.88. The Morgan fingerprint density at radius 3 is 2.56 bits per heavy atom. The Kier molecular flexibility index (Phi) is 4.99. The fourth-order valence-corrected chi connectivity index (χ4v) is 6.42. The summed E-state index contributed by atoms with van der Waals surface area (Å²) in [4.78, 5) is 4.74. The molecule has 0 atom stereocenters. The summed E-state index contributed by atoms with van der Waals surface area (Å²) in [5, 5.41) is 2.46. The summed E-state index contributed by atoms with van der Waals surface area (Å²) in [5.41, 5.74) is 5.19. The number of rotatable bonds is 4. The van der Waals surface area contributed by atoms with Gasteiger partial charge in [-0.3, -0.25) is 4.98 Å². The summed E-state index contributed by atoms with van der Waals surface area (Å²) in [6.07, 6.45) is 8.57. The molecule has 0 spiro atoms. The molecule has 0 amide bonds. The summed E-state index contributed by atoms with van der Waals surface area (Å²) in [7, 11) is 0. The zero-order valence-electron chi connectivity index (χ0n) is 17.9. The molecule has 0 N–H and O–H groups in total. The van der Waals surface area contributed by atoms with Gasteiger partial charge >= 0.3 is 0 Å². The predicted octanol–water partition coefficient (Wildman–Crippen LogP) is 8.66. The van der Waals surface area contributed by atoms with Crippen molar-refractivity contribution in [1.29, 1.82) is 0 Å². The number of pyridine rings is 1. The van der Waals surface area contributed by atoms with E-state index in [2.05, 4.69) is 42.5 Å². The Bertz CT molecular complexity index is 1430. The molecule has 5 aromatic rings. The Balaban J connectivity index is 1.44. The van der Waals surface area contributed by atoms with E-state index in [1.54, 1.807) is 17.4 Å². The molecule has 3 aromatic carbocycles. The van der Waals surface area contributed by atoms with Crippen LogP contribution >= 0.6 is 11.3 Å². The molecule has 158 valence electrons. The van der Waals surface area contributed by atoms with E-state index in [-0.39, 0.29) is 5.82 Å². The Morgan fingerprint density at radius 1 is 0.844 bits per heavy atom. The molecule has 1 saturated carbocycles. The van der Waals surface area contributed by atoms with Gasteiger partial charge in [0.15, 0.2) is 0 Å². The molecule has 0 radical (unpaired) electrons. The van der Waals surface area contributed by atoms with E-state index >= 15 is 0 Å². The van der Waals surface area contributed by atoms with Crippen molar-refractivity contribution in [1.82, 2.24) is 4.98 Å². The van der Waals surface area contributed by atoms with Crippen LogP contribution in [0.2, 0.25) is 0 Å². The highest BCUT2D eigenvalue weighted by Gasteiger charge is 2.17. The molecule has 0 unspecified atom stereocenters. The van der Waals surface area contributed by atoms with E-state index in [4.69, 9.17) is 4.98 Å². The van der Waals surface area contributed by atoms with Crippen molar-refractivity contribution in [2.75, 3.05) is 0 Å². The van der Waals surface area contributed by atoms with Gasteiger partial charge in [-0.25, -0.2) is 4.39 Å². The zero-order chi connectivity index (χ0) is 21.5. The van der Waals surface area contributed by atoms with Crippen molar-refractivity contribution in [3.8, 4) is 22.4 Å². The van der Waals surface area contributed by atoms with Crippen LogP contribution in [0.25, 0.3) is 42.6 Å². The van der Waals surface area contributed by atoms with Crippen LogP contribution in [0.1, 0.15) is 31.2 Å². The highest BCUT2D eigenvalue weighted by atomic mass is 32.1. The van der Waals surface area contributed by atoms with Crippen LogP contribution in [0, 0.1) is 11.7 Å². The van der Waals surface area contributed by atoms with Crippen LogP contribution in [0.5, 0.6) is 0 Å². The minimum absolute atomic E-state index is 0.183. The van der Waals surface area contributed by atoms with Gasteiger partial charge in [-0.1, -0.05) is 74.2 Å². The number of benzene rings is 3. The van der Waals surface area contributed by atoms with Gasteiger partial charge in [0.2, 0.25) is 0 Å². The maximum absolute atomic E-state index is 14.3. The molecule has 0 bridgehead atoms. The fraction of sp³-hybridized carbons (Fsp3) is 0.207. The number of halogens is 1. The molecule has 1 fully saturated rings. The summed E-state index contributed by atoms with van der Waals surface area (Å²) < 4.78 is 16.8. The lowest BCUT2D eigenvalue weighted by Crippen LogP contribution is -1.99. The minimum atomic E-state index is -0.183. The van der Waals surface area contributed by atoms with Gasteiger partial charge in [0.1, 0.15) is 5.82 Å². The average molecular weight is 438 g/mol. The summed E-state index contributed by atoms with van der Waals surface area (Å²) in [5.74, 6) is 0.638. The van der Waals surface area contributed by atoms with Crippen LogP contribution in [0.3, 0.4) is 0 Å². The summed E-state index contributed by atoms with van der Waals surface area (Å²) in [6.45, 7) is 0. The van der Waals surface area contributed by atoms with Gasteiger partial charge < -0.3 is 0 Å². The third kappa shape index (κ3) is 3.51. The molecule has 1 aliphatic rings. The van der Waals surface area contributed by atoms with Gasteiger partial charge in [-0.05, 0) is 47.7 Å². The lowest BCUT2D eigenvalue weighted by molar-refractivity contribution is 0.546. The van der Waals surface area contributed by atoms with Crippen LogP contribution in [-0.4, -0.2) is 4.98 Å². The number of thiophene rings is 1. The summed E-state index contributed by atoms with van der Waals surface area (Å²) >= 11 is 1.77. The standard InChI is InChI=1S/C29H24FNS/c30-26-11-4-3-8-22(26)21-12-13-23-24-9-5-10-25(29(24)32-28(23)18-21)27-17-20(14-15-31-27)16-19-6-1-2-7-19/h3-5,8-15,17-19H,1-2,6-7,16H2. The first-order chi connectivity index (χ1) is 15.8. The number of aromatic nitrogens is 1. The van der Waals surface area contributed by atoms with Crippen LogP contribution in [0.4, 0.5) is 4.39 Å². The lowest BCUT2D eigenvalue weighted by atomic mass is 9.97. The van der Waals surface area contributed by atoms with Crippen molar-refractivity contribution in [2.45, 2.75) is 32.1 Å². The van der Waals surface area contributed by atoms with E-state index in [9.17, 15) is 4.39 Å². The Labute approximate surface area is 191 Å². The molecular weight excluding hydrogens is 413 g/mol. The molecule has 1 nitrogen and oxygen atoms in total. The normalized spacial score (nSPS) is 14.5. The minimum Gasteiger partial charge on any atom is -0.256 e. The van der Waals surface area contributed by atoms with E-state index in [1.165, 1.54) is 63.0 Å². The second kappa shape index (κ2) is 8.14. The molecule has 1 aliphatic carbocycles. The van der Waals surface area contributed by atoms with Crippen molar-refractivity contribution < 1.29 is 4.39 Å². The van der Waals surface area contributed by atoms with Crippen LogP contribution in [-0.2, 0) is 6.42 Å². The first-order valence-corrected chi connectivity index (χ1v) is 12.2. The first kappa shape index (κ1) is 19.6. The molecule has 0 aliphatic heterocycles. The van der Waals surface area contributed by atoms with Gasteiger partial charge in [-0.15, -0.1) is 11.3 Å². The van der Waals surface area contributed by atoms with Crippen molar-refractivity contribution in [2.24, 2.45) is 5.92 Å². The Morgan fingerprint density at radius 2 is 1.69 bits per heavy atom. The average Bonchev–Trinajstić information content (AvgIpc) is 3.46. The van der Waals surface area contributed by atoms with Crippen molar-refractivity contribution in [3.63, 3.8) is 0 Å². The molecular formula is C29H24FNS. The van der Waals surface area contributed by atoms with E-state index in [1.807, 2.05) is 24.4 Å². The molecule has 32 heavy (non-hydrogen) atoms. The summed E-state index contributed by atoms with van der Waals surface area (Å²) in [6, 6.07) is 24.2. The second-order valence-corrected chi connectivity index (χ2v) is 9.93. The fourth-order valence-electron chi connectivity index (χ4n) is 5.16. The zero-order valence-corrected chi connectivity index (χ0v) is 18.7. The van der Waals surface area contributed by atoms with Gasteiger partial charge in [0.25, 0.3) is 0 Å². The van der Waals surface area contributed by atoms with Gasteiger partial charge in [-0.2, -0.15) is 0 Å². The largest absolute Gasteiger partial charge is 0.256 e. The quantitative estimate of drug-likeness (QED) is 0.274. The number of nitrogens with zero attached hydrogens (tertiary/aromatic N) is 1. The maximum atomic E-state index is 14.3. The van der Waals surface area contributed by atoms with E-state index < -0.39 is 0 Å².